The number of piperazine rings is 1. The maximum Gasteiger partial charge on any atom is 0.282 e. The van der Waals surface area contributed by atoms with Gasteiger partial charge >= 0.3 is 0 Å². The fraction of sp³-hybridized carbons (Fsp3) is 0.944. The highest BCUT2D eigenvalue weighted by Crippen LogP contribution is 2.28. The van der Waals surface area contributed by atoms with Crippen LogP contribution in [0.15, 0.2) is 0 Å². The highest BCUT2D eigenvalue weighted by molar-refractivity contribution is 7.86. The SMILES string of the molecule is CN(C1CCCCC1)S(=O)(=O)N1CCN(C(=O)C[C@@H]2CCC[C@H]2N)CC1.Cl. The number of rotatable bonds is 5. The lowest BCUT2D eigenvalue weighted by atomic mass is 9.96. The molecule has 27 heavy (non-hydrogen) atoms. The van der Waals surface area contributed by atoms with Crippen LogP contribution in [0, 0.1) is 5.92 Å². The largest absolute Gasteiger partial charge is 0.340 e. The van der Waals surface area contributed by atoms with E-state index in [9.17, 15) is 13.2 Å². The predicted octanol–water partition coefficient (Wildman–Crippen LogP) is 1.58. The van der Waals surface area contributed by atoms with Gasteiger partial charge in [-0.1, -0.05) is 25.7 Å². The Hall–Kier alpha value is -0.410. The van der Waals surface area contributed by atoms with Gasteiger partial charge in [0.15, 0.2) is 0 Å². The van der Waals surface area contributed by atoms with Crippen molar-refractivity contribution in [2.45, 2.75) is 69.9 Å². The summed E-state index contributed by atoms with van der Waals surface area (Å²) in [5.74, 6) is 0.423. The summed E-state index contributed by atoms with van der Waals surface area (Å²) in [4.78, 5) is 14.3. The summed E-state index contributed by atoms with van der Waals surface area (Å²) in [5.41, 5.74) is 6.08. The number of carbonyl (C=O) groups is 1. The van der Waals surface area contributed by atoms with Crippen LogP contribution in [-0.2, 0) is 15.0 Å². The Morgan fingerprint density at radius 3 is 2.19 bits per heavy atom. The Kier molecular flexibility index (Phi) is 8.36. The van der Waals surface area contributed by atoms with Crippen molar-refractivity contribution in [1.82, 2.24) is 13.5 Å². The quantitative estimate of drug-likeness (QED) is 0.728. The summed E-state index contributed by atoms with van der Waals surface area (Å²) in [6.45, 7) is 1.75. The smallest absolute Gasteiger partial charge is 0.282 e. The lowest BCUT2D eigenvalue weighted by Crippen LogP contribution is -2.55. The molecule has 0 aromatic carbocycles. The van der Waals surface area contributed by atoms with Crippen LogP contribution in [0.2, 0.25) is 0 Å². The topological polar surface area (TPSA) is 87.0 Å². The zero-order valence-electron chi connectivity index (χ0n) is 16.4. The minimum atomic E-state index is -3.43. The molecule has 3 fully saturated rings. The molecule has 3 rings (SSSR count). The van der Waals surface area contributed by atoms with Crippen LogP contribution in [0.4, 0.5) is 0 Å². The molecule has 158 valence electrons. The fourth-order valence-corrected chi connectivity index (χ4v) is 6.23. The van der Waals surface area contributed by atoms with Gasteiger partial charge < -0.3 is 10.6 Å². The van der Waals surface area contributed by atoms with Gasteiger partial charge in [0, 0.05) is 51.7 Å². The van der Waals surface area contributed by atoms with Crippen molar-refractivity contribution in [1.29, 1.82) is 0 Å². The van der Waals surface area contributed by atoms with Gasteiger partial charge in [-0.25, -0.2) is 0 Å². The normalized spacial score (nSPS) is 28.3. The molecular weight excluding hydrogens is 388 g/mol. The van der Waals surface area contributed by atoms with Gasteiger partial charge in [0.25, 0.3) is 10.2 Å². The lowest BCUT2D eigenvalue weighted by molar-refractivity contribution is -0.133. The molecule has 0 spiro atoms. The van der Waals surface area contributed by atoms with E-state index >= 15 is 0 Å². The first kappa shape index (κ1) is 22.9. The molecule has 0 aromatic rings. The molecule has 0 bridgehead atoms. The number of hydrogen-bond donors (Lipinski definition) is 1. The fourth-order valence-electron chi connectivity index (χ4n) is 4.66. The van der Waals surface area contributed by atoms with Crippen LogP contribution in [0.1, 0.15) is 57.8 Å². The first-order valence-electron chi connectivity index (χ1n) is 10.2. The molecule has 1 heterocycles. The molecule has 0 unspecified atom stereocenters. The Labute approximate surface area is 170 Å². The maximum absolute atomic E-state index is 12.9. The van der Waals surface area contributed by atoms with Gasteiger partial charge in [-0.05, 0) is 31.6 Å². The summed E-state index contributed by atoms with van der Waals surface area (Å²) >= 11 is 0. The van der Waals surface area contributed by atoms with Gasteiger partial charge in [-0.3, -0.25) is 4.79 Å². The van der Waals surface area contributed by atoms with E-state index in [-0.39, 0.29) is 30.4 Å². The third-order valence-corrected chi connectivity index (χ3v) is 8.57. The lowest BCUT2D eigenvalue weighted by Gasteiger charge is -2.39. The number of halogens is 1. The second-order valence-corrected chi connectivity index (χ2v) is 10.1. The molecule has 2 saturated carbocycles. The maximum atomic E-state index is 12.9. The van der Waals surface area contributed by atoms with Crippen molar-refractivity contribution < 1.29 is 13.2 Å². The molecule has 0 aromatic heterocycles. The van der Waals surface area contributed by atoms with E-state index < -0.39 is 10.2 Å². The van der Waals surface area contributed by atoms with Crippen LogP contribution in [0.5, 0.6) is 0 Å². The highest BCUT2D eigenvalue weighted by Gasteiger charge is 2.36. The van der Waals surface area contributed by atoms with Crippen molar-refractivity contribution in [3.8, 4) is 0 Å². The molecule has 2 atom stereocenters. The molecule has 1 aliphatic heterocycles. The summed E-state index contributed by atoms with van der Waals surface area (Å²) in [7, 11) is -1.72. The van der Waals surface area contributed by atoms with E-state index in [1.165, 1.54) is 6.42 Å². The Morgan fingerprint density at radius 2 is 1.63 bits per heavy atom. The minimum absolute atomic E-state index is 0. The monoisotopic (exact) mass is 422 g/mol. The first-order valence-corrected chi connectivity index (χ1v) is 11.6. The zero-order chi connectivity index (χ0) is 18.7. The average Bonchev–Trinajstić information content (AvgIpc) is 3.06. The third kappa shape index (κ3) is 5.35. The summed E-state index contributed by atoms with van der Waals surface area (Å²) in [6.07, 6.45) is 8.99. The number of carbonyl (C=O) groups excluding carboxylic acids is 1. The van der Waals surface area contributed by atoms with Crippen molar-refractivity contribution in [2.24, 2.45) is 11.7 Å². The van der Waals surface area contributed by atoms with Crippen LogP contribution in [-0.4, -0.2) is 73.1 Å². The van der Waals surface area contributed by atoms with Crippen molar-refractivity contribution >= 4 is 28.5 Å². The molecule has 2 N–H and O–H groups in total. The van der Waals surface area contributed by atoms with E-state index in [0.717, 1.165) is 44.9 Å². The van der Waals surface area contributed by atoms with Crippen LogP contribution in [0.25, 0.3) is 0 Å². The molecule has 1 saturated heterocycles. The molecule has 1 amide bonds. The number of hydrogen-bond acceptors (Lipinski definition) is 4. The van der Waals surface area contributed by atoms with Crippen molar-refractivity contribution in [3.05, 3.63) is 0 Å². The minimum Gasteiger partial charge on any atom is -0.340 e. The van der Waals surface area contributed by atoms with Crippen molar-refractivity contribution in [2.75, 3.05) is 33.2 Å². The van der Waals surface area contributed by atoms with Gasteiger partial charge in [0.05, 0.1) is 0 Å². The molecule has 3 aliphatic rings. The standard InChI is InChI=1S/C18H34N4O3S.ClH/c1-20(16-7-3-2-4-8-16)26(24,25)22-12-10-21(11-13-22)18(23)14-15-6-5-9-17(15)19;/h15-17H,2-14,19H2,1H3;1H/t15-,17+;/m0./s1. The molecule has 0 radical (unpaired) electrons. The van der Waals surface area contributed by atoms with Crippen LogP contribution in [0.3, 0.4) is 0 Å². The Bertz CT molecular complexity index is 589. The van der Waals surface area contributed by atoms with Gasteiger partial charge in [0.2, 0.25) is 5.91 Å². The Balaban J connectivity index is 0.00000261. The second-order valence-electron chi connectivity index (χ2n) is 8.15. The van der Waals surface area contributed by atoms with Gasteiger partial charge in [-0.2, -0.15) is 17.0 Å². The second kappa shape index (κ2) is 9.87. The van der Waals surface area contributed by atoms with E-state index in [2.05, 4.69) is 0 Å². The molecule has 2 aliphatic carbocycles. The Morgan fingerprint density at radius 1 is 1.00 bits per heavy atom. The number of amides is 1. The summed E-state index contributed by atoms with van der Waals surface area (Å²) < 4.78 is 28.9. The summed E-state index contributed by atoms with van der Waals surface area (Å²) in [5, 5.41) is 0. The van der Waals surface area contributed by atoms with Gasteiger partial charge in [0.1, 0.15) is 0 Å². The first-order chi connectivity index (χ1) is 12.4. The van der Waals surface area contributed by atoms with Gasteiger partial charge in [-0.15, -0.1) is 12.4 Å². The predicted molar refractivity (Wildman–Crippen MR) is 109 cm³/mol. The number of nitrogens with zero attached hydrogens (tertiary/aromatic N) is 3. The van der Waals surface area contributed by atoms with E-state index in [4.69, 9.17) is 5.73 Å². The highest BCUT2D eigenvalue weighted by atomic mass is 35.5. The molecule has 9 heteroatoms. The van der Waals surface area contributed by atoms with Crippen LogP contribution >= 0.6 is 12.4 Å². The van der Waals surface area contributed by atoms with Crippen molar-refractivity contribution in [3.63, 3.8) is 0 Å². The van der Waals surface area contributed by atoms with E-state index in [1.54, 1.807) is 15.7 Å². The van der Waals surface area contributed by atoms with E-state index in [1.807, 2.05) is 4.90 Å². The molecule has 7 nitrogen and oxygen atoms in total. The third-order valence-electron chi connectivity index (χ3n) is 6.53. The van der Waals surface area contributed by atoms with E-state index in [0.29, 0.717) is 38.5 Å². The summed E-state index contributed by atoms with van der Waals surface area (Å²) in [6, 6.07) is 0.266. The van der Waals surface area contributed by atoms with Crippen LogP contribution < -0.4 is 5.73 Å². The zero-order valence-corrected chi connectivity index (χ0v) is 18.0. The molecular formula is C18H35ClN4O3S. The number of nitrogens with two attached hydrogens (primary N) is 1. The average molecular weight is 423 g/mol.